The molecule has 4 atom stereocenters. The molecule has 4 rings (SSSR count). The van der Waals surface area contributed by atoms with E-state index in [2.05, 4.69) is 13.0 Å². The summed E-state index contributed by atoms with van der Waals surface area (Å²) in [5, 5.41) is 9.67. The second-order valence-corrected chi connectivity index (χ2v) is 7.22. The van der Waals surface area contributed by atoms with Gasteiger partial charge in [-0.3, -0.25) is 4.79 Å². The molecule has 0 unspecified atom stereocenters. The molecule has 0 aliphatic heterocycles. The van der Waals surface area contributed by atoms with E-state index >= 15 is 0 Å². The molecule has 3 heteroatoms. The van der Waals surface area contributed by atoms with Crippen molar-refractivity contribution in [3.05, 3.63) is 29.3 Å². The van der Waals surface area contributed by atoms with Crippen LogP contribution in [0.3, 0.4) is 0 Å². The minimum Gasteiger partial charge on any atom is -1.00 e. The molecule has 1 aromatic rings. The fourth-order valence-corrected chi connectivity index (χ4v) is 5.34. The summed E-state index contributed by atoms with van der Waals surface area (Å²) in [4.78, 5) is 12.3. The van der Waals surface area contributed by atoms with Crippen molar-refractivity contribution in [2.24, 2.45) is 17.3 Å². The number of ketones is 1. The van der Waals surface area contributed by atoms with Crippen LogP contribution in [0.1, 0.15) is 57.5 Å². The van der Waals surface area contributed by atoms with Crippen LogP contribution in [0.2, 0.25) is 0 Å². The monoisotopic (exact) mass is 294 g/mol. The smallest absolute Gasteiger partial charge is 1.00 e. The Morgan fingerprint density at radius 2 is 2.05 bits per heavy atom. The molecule has 3 aliphatic rings. The van der Waals surface area contributed by atoms with Crippen LogP contribution in [0, 0.1) is 17.3 Å². The molecule has 0 saturated heterocycles. The summed E-state index contributed by atoms with van der Waals surface area (Å²) >= 11 is 0. The van der Waals surface area contributed by atoms with Crippen LogP contribution in [0.4, 0.5) is 0 Å². The third kappa shape index (κ3) is 2.22. The van der Waals surface area contributed by atoms with Gasteiger partial charge in [0.25, 0.3) is 0 Å². The zero-order valence-electron chi connectivity index (χ0n) is 14.1. The van der Waals surface area contributed by atoms with E-state index in [1.165, 1.54) is 17.5 Å². The van der Waals surface area contributed by atoms with Gasteiger partial charge in [0, 0.05) is 11.8 Å². The molecule has 0 amide bonds. The van der Waals surface area contributed by atoms with Gasteiger partial charge in [0.05, 0.1) is 0 Å². The van der Waals surface area contributed by atoms with Crippen molar-refractivity contribution in [2.45, 2.75) is 51.4 Å². The quantitative estimate of drug-likeness (QED) is 0.723. The maximum atomic E-state index is 12.3. The zero-order valence-corrected chi connectivity index (χ0v) is 15.1. The molecular formula is C18H23NaO2. The fourth-order valence-electron chi connectivity index (χ4n) is 5.34. The Labute approximate surface area is 150 Å². The average Bonchev–Trinajstić information content (AvgIpc) is 2.74. The van der Waals surface area contributed by atoms with Crippen LogP contribution < -0.4 is 29.6 Å². The van der Waals surface area contributed by atoms with Crippen molar-refractivity contribution in [1.82, 2.24) is 0 Å². The molecule has 2 nitrogen and oxygen atoms in total. The summed E-state index contributed by atoms with van der Waals surface area (Å²) in [6.07, 6.45) is 6.34. The maximum absolute atomic E-state index is 12.3. The molecule has 21 heavy (non-hydrogen) atoms. The van der Waals surface area contributed by atoms with E-state index in [-0.39, 0.29) is 36.4 Å². The predicted octanol–water partition coefficient (Wildman–Crippen LogP) is 0.934. The normalized spacial score (nSPS) is 37.2. The van der Waals surface area contributed by atoms with Crippen molar-refractivity contribution in [3.63, 3.8) is 0 Å². The summed E-state index contributed by atoms with van der Waals surface area (Å²) in [6.45, 7) is 2.22. The van der Waals surface area contributed by atoms with Crippen LogP contribution in [0.5, 0.6) is 5.75 Å². The van der Waals surface area contributed by atoms with Crippen molar-refractivity contribution >= 4 is 5.78 Å². The van der Waals surface area contributed by atoms with Crippen LogP contribution in [0.25, 0.3) is 0 Å². The Kier molecular flexibility index (Phi) is 4.01. The van der Waals surface area contributed by atoms with Crippen LogP contribution in [-0.2, 0) is 11.2 Å². The number of aromatic hydroxyl groups is 1. The Morgan fingerprint density at radius 1 is 1.24 bits per heavy atom. The van der Waals surface area contributed by atoms with Gasteiger partial charge in [0.1, 0.15) is 11.5 Å². The van der Waals surface area contributed by atoms with Gasteiger partial charge in [-0.15, -0.1) is 0 Å². The van der Waals surface area contributed by atoms with Gasteiger partial charge in [0.2, 0.25) is 0 Å². The van der Waals surface area contributed by atoms with Crippen LogP contribution in [-0.4, -0.2) is 10.9 Å². The number of fused-ring (bicyclic) bond motifs is 5. The first-order valence-corrected chi connectivity index (χ1v) is 7.95. The summed E-state index contributed by atoms with van der Waals surface area (Å²) in [5.74, 6) is 2.78. The summed E-state index contributed by atoms with van der Waals surface area (Å²) in [6, 6.07) is 5.90. The summed E-state index contributed by atoms with van der Waals surface area (Å²) < 4.78 is 0. The second-order valence-electron chi connectivity index (χ2n) is 7.22. The maximum Gasteiger partial charge on any atom is 1.00 e. The molecule has 0 radical (unpaired) electrons. The molecule has 3 aliphatic carbocycles. The Bertz CT molecular complexity index is 588. The van der Waals surface area contributed by atoms with Gasteiger partial charge in [-0.1, -0.05) is 13.0 Å². The zero-order chi connectivity index (χ0) is 13.9. The third-order valence-corrected chi connectivity index (χ3v) is 6.42. The average molecular weight is 294 g/mol. The molecule has 1 aromatic carbocycles. The number of carbonyl (C=O) groups excluding carboxylic acids is 1. The number of phenolic OH excluding ortho intramolecular Hbond substituents is 1. The molecule has 2 saturated carbocycles. The van der Waals surface area contributed by atoms with Gasteiger partial charge in [-0.25, -0.2) is 0 Å². The van der Waals surface area contributed by atoms with Gasteiger partial charge in [0.15, 0.2) is 0 Å². The van der Waals surface area contributed by atoms with E-state index < -0.39 is 0 Å². The van der Waals surface area contributed by atoms with Crippen molar-refractivity contribution in [1.29, 1.82) is 0 Å². The predicted molar refractivity (Wildman–Crippen MR) is 78.8 cm³/mol. The van der Waals surface area contributed by atoms with E-state index in [4.69, 9.17) is 0 Å². The van der Waals surface area contributed by atoms with Crippen LogP contribution in [0.15, 0.2) is 18.2 Å². The largest absolute Gasteiger partial charge is 1.00 e. The Hall–Kier alpha value is -0.310. The summed E-state index contributed by atoms with van der Waals surface area (Å²) in [7, 11) is 0. The van der Waals surface area contributed by atoms with Crippen molar-refractivity contribution < 1.29 is 40.9 Å². The van der Waals surface area contributed by atoms with Gasteiger partial charge in [-0.2, -0.15) is 0 Å². The molecule has 0 heterocycles. The van der Waals surface area contributed by atoms with Crippen molar-refractivity contribution in [3.8, 4) is 5.75 Å². The Morgan fingerprint density at radius 3 is 2.86 bits per heavy atom. The standard InChI is InChI=1S/C18H22O2.Na.H/c1-18-9-8-14-13-5-3-12(19)10-11(13)2-4-15(14)16(18)6-7-17(18)20;;/h3,5,10,14-16,19H,2,4,6-9H2,1H3;;/q;+1;-1/t14-,15-,16+,18+;;/m1../s1. The number of aryl methyl sites for hydroxylation is 1. The molecular weight excluding hydrogens is 271 g/mol. The van der Waals surface area contributed by atoms with Gasteiger partial charge < -0.3 is 6.53 Å². The van der Waals surface area contributed by atoms with E-state index in [0.29, 0.717) is 29.3 Å². The first kappa shape index (κ1) is 15.6. The second kappa shape index (κ2) is 5.40. The van der Waals surface area contributed by atoms with Crippen molar-refractivity contribution in [2.75, 3.05) is 0 Å². The van der Waals surface area contributed by atoms with E-state index in [9.17, 15) is 9.90 Å². The van der Waals surface area contributed by atoms with E-state index in [1.54, 1.807) is 0 Å². The van der Waals surface area contributed by atoms with E-state index in [0.717, 1.165) is 32.1 Å². The first-order chi connectivity index (χ1) is 9.59. The number of benzene rings is 1. The molecule has 108 valence electrons. The molecule has 0 aromatic heterocycles. The minimum absolute atomic E-state index is 0. The van der Waals surface area contributed by atoms with E-state index in [1.807, 2.05) is 12.1 Å². The molecule has 2 fully saturated rings. The number of hydrogen-bond donors (Lipinski definition) is 1. The number of carbonyl (C=O) groups is 1. The molecule has 0 spiro atoms. The number of rotatable bonds is 0. The van der Waals surface area contributed by atoms with Crippen LogP contribution >= 0.6 is 0 Å². The number of Topliss-reactive ketones (excluding diaryl/α,β-unsaturated/α-hetero) is 1. The SMILES string of the molecule is C[C@]12CC[C@@H]3c4ccc(O)cc4CC[C@H]3[C@@H]1CCC2=O.[H-].[Na+]. The van der Waals surface area contributed by atoms with Gasteiger partial charge in [-0.05, 0) is 73.1 Å². The first-order valence-electron chi connectivity index (χ1n) is 7.95. The molecule has 0 bridgehead atoms. The minimum atomic E-state index is -0.0322. The fraction of sp³-hybridized carbons (Fsp3) is 0.611. The molecule has 1 N–H and O–H groups in total. The number of phenols is 1. The van der Waals surface area contributed by atoms with Gasteiger partial charge >= 0.3 is 29.6 Å². The number of hydrogen-bond acceptors (Lipinski definition) is 2. The topological polar surface area (TPSA) is 37.3 Å². The summed E-state index contributed by atoms with van der Waals surface area (Å²) in [5.41, 5.74) is 2.75. The third-order valence-electron chi connectivity index (χ3n) is 6.42. The Balaban J connectivity index is 0.000000882.